The highest BCUT2D eigenvalue weighted by Gasteiger charge is 2.16. The van der Waals surface area contributed by atoms with Gasteiger partial charge in [-0.05, 0) is 54.5 Å². The van der Waals surface area contributed by atoms with E-state index in [0.29, 0.717) is 11.5 Å². The summed E-state index contributed by atoms with van der Waals surface area (Å²) in [7, 11) is 5.23. The molecule has 1 aromatic rings. The molecule has 0 aliphatic heterocycles. The summed E-state index contributed by atoms with van der Waals surface area (Å²) in [6, 6.07) is 3.99. The summed E-state index contributed by atoms with van der Waals surface area (Å²) in [5.74, 6) is 1.08. The van der Waals surface area contributed by atoms with Gasteiger partial charge in [0.15, 0.2) is 18.1 Å². The van der Waals surface area contributed by atoms with E-state index in [0.717, 1.165) is 16.6 Å². The van der Waals surface area contributed by atoms with Crippen LogP contribution in [0.25, 0.3) is 0 Å². The highest BCUT2D eigenvalue weighted by Crippen LogP contribution is 2.36. The average molecular weight is 359 g/mol. The third-order valence-electron chi connectivity index (χ3n) is 3.18. The molecule has 1 aromatic carbocycles. The van der Waals surface area contributed by atoms with Gasteiger partial charge in [0, 0.05) is 19.6 Å². The fraction of sp³-hybridized carbons (Fsp3) is 0.533. The lowest BCUT2D eigenvalue weighted by atomic mass is 10.2. The first-order valence-corrected chi connectivity index (χ1v) is 7.59. The van der Waals surface area contributed by atoms with Crippen molar-refractivity contribution < 1.29 is 14.3 Å². The van der Waals surface area contributed by atoms with Crippen molar-refractivity contribution in [2.24, 2.45) is 0 Å². The van der Waals surface area contributed by atoms with Crippen LogP contribution in [0.3, 0.4) is 0 Å². The molecule has 0 aliphatic rings. The number of methoxy groups -OCH3 is 1. The Balaban J connectivity index is 2.85. The topological polar surface area (TPSA) is 50.8 Å². The molecule has 0 spiro atoms. The van der Waals surface area contributed by atoms with Crippen molar-refractivity contribution in [3.05, 3.63) is 22.2 Å². The van der Waals surface area contributed by atoms with Crippen molar-refractivity contribution in [2.45, 2.75) is 26.4 Å². The number of carbonyl (C=O) groups excluding carboxylic acids is 1. The van der Waals surface area contributed by atoms with Gasteiger partial charge < -0.3 is 19.7 Å². The highest BCUT2D eigenvalue weighted by molar-refractivity contribution is 9.10. The molecule has 0 unspecified atom stereocenters. The Morgan fingerprint density at radius 2 is 2.10 bits per heavy atom. The Kier molecular flexibility index (Phi) is 6.98. The van der Waals surface area contributed by atoms with E-state index in [1.807, 2.05) is 33.0 Å². The van der Waals surface area contributed by atoms with Crippen LogP contribution < -0.4 is 14.8 Å². The number of ether oxygens (including phenoxy) is 2. The maximum Gasteiger partial charge on any atom is 0.260 e. The third-order valence-corrected chi connectivity index (χ3v) is 3.77. The van der Waals surface area contributed by atoms with E-state index in [4.69, 9.17) is 9.47 Å². The second-order valence-electron chi connectivity index (χ2n) is 5.03. The molecule has 21 heavy (non-hydrogen) atoms. The Bertz CT molecular complexity index is 492. The van der Waals surface area contributed by atoms with Gasteiger partial charge in [-0.1, -0.05) is 0 Å². The van der Waals surface area contributed by atoms with Gasteiger partial charge in [-0.3, -0.25) is 4.79 Å². The van der Waals surface area contributed by atoms with Gasteiger partial charge in [0.2, 0.25) is 0 Å². The first-order valence-electron chi connectivity index (χ1n) is 6.80. The molecule has 0 bridgehead atoms. The van der Waals surface area contributed by atoms with E-state index >= 15 is 0 Å². The number of benzene rings is 1. The summed E-state index contributed by atoms with van der Waals surface area (Å²) in [5.41, 5.74) is 1.07. The molecule has 6 heteroatoms. The number of hydrogen-bond acceptors (Lipinski definition) is 4. The molecule has 0 aromatic heterocycles. The second-order valence-corrected chi connectivity index (χ2v) is 5.88. The minimum absolute atomic E-state index is 0.0188. The molecular weight excluding hydrogens is 336 g/mol. The maximum absolute atomic E-state index is 12.0. The lowest BCUT2D eigenvalue weighted by Gasteiger charge is -2.22. The zero-order valence-electron chi connectivity index (χ0n) is 13.2. The van der Waals surface area contributed by atoms with Gasteiger partial charge in [0.05, 0.1) is 11.6 Å². The molecule has 0 saturated heterocycles. The molecule has 0 fully saturated rings. The molecule has 0 saturated carbocycles. The van der Waals surface area contributed by atoms with Crippen LogP contribution in [0.2, 0.25) is 0 Å². The first kappa shape index (κ1) is 17.8. The van der Waals surface area contributed by atoms with Gasteiger partial charge in [0.25, 0.3) is 5.91 Å². The number of hydrogen-bond donors (Lipinski definition) is 1. The average Bonchev–Trinajstić information content (AvgIpc) is 2.44. The van der Waals surface area contributed by atoms with Gasteiger partial charge >= 0.3 is 0 Å². The zero-order chi connectivity index (χ0) is 16.0. The van der Waals surface area contributed by atoms with E-state index in [9.17, 15) is 4.79 Å². The number of carbonyl (C=O) groups is 1. The summed E-state index contributed by atoms with van der Waals surface area (Å²) in [5, 5.41) is 3.08. The van der Waals surface area contributed by atoms with Crippen LogP contribution in [0.1, 0.15) is 19.4 Å². The molecule has 0 aliphatic carbocycles. The van der Waals surface area contributed by atoms with Gasteiger partial charge in [0.1, 0.15) is 0 Å². The monoisotopic (exact) mass is 358 g/mol. The zero-order valence-corrected chi connectivity index (χ0v) is 14.8. The largest absolute Gasteiger partial charge is 0.493 e. The minimum Gasteiger partial charge on any atom is -0.493 e. The van der Waals surface area contributed by atoms with Crippen LogP contribution in [0.4, 0.5) is 0 Å². The third kappa shape index (κ3) is 4.89. The van der Waals surface area contributed by atoms with Crippen LogP contribution in [-0.4, -0.2) is 44.7 Å². The van der Waals surface area contributed by atoms with Crippen LogP contribution >= 0.6 is 15.9 Å². The SMILES string of the molecule is CNCc1cc(Br)c(OCC(=O)N(C)C(C)C)c(OC)c1. The van der Waals surface area contributed by atoms with Gasteiger partial charge in [-0.2, -0.15) is 0 Å². The quantitative estimate of drug-likeness (QED) is 0.813. The summed E-state index contributed by atoms with van der Waals surface area (Å²) < 4.78 is 11.8. The standard InChI is InChI=1S/C15H23BrN2O3/c1-10(2)18(4)14(19)9-21-15-12(16)6-11(8-17-3)7-13(15)20-5/h6-7,10,17H,8-9H2,1-5H3. The fourth-order valence-corrected chi connectivity index (χ4v) is 2.35. The molecule has 0 heterocycles. The summed E-state index contributed by atoms with van der Waals surface area (Å²) in [6.07, 6.45) is 0. The molecule has 1 N–H and O–H groups in total. The first-order chi connectivity index (χ1) is 9.90. The fourth-order valence-electron chi connectivity index (χ4n) is 1.74. The van der Waals surface area contributed by atoms with E-state index in [-0.39, 0.29) is 18.6 Å². The summed E-state index contributed by atoms with van der Waals surface area (Å²) in [4.78, 5) is 13.6. The van der Waals surface area contributed by atoms with Crippen molar-refractivity contribution in [2.75, 3.05) is 27.8 Å². The minimum atomic E-state index is -0.0711. The Morgan fingerprint density at radius 1 is 1.43 bits per heavy atom. The van der Waals surface area contributed by atoms with Crippen LogP contribution in [0, 0.1) is 0 Å². The molecule has 0 atom stereocenters. The van der Waals surface area contributed by atoms with Crippen molar-refractivity contribution in [3.63, 3.8) is 0 Å². The highest BCUT2D eigenvalue weighted by atomic mass is 79.9. The molecular formula is C15H23BrN2O3. The van der Waals surface area contributed by atoms with Crippen molar-refractivity contribution in [3.8, 4) is 11.5 Å². The molecule has 1 amide bonds. The number of rotatable bonds is 7. The number of halogens is 1. The summed E-state index contributed by atoms with van der Waals surface area (Å²) >= 11 is 3.47. The van der Waals surface area contributed by atoms with Crippen LogP contribution in [0.5, 0.6) is 11.5 Å². The van der Waals surface area contributed by atoms with E-state index < -0.39 is 0 Å². The molecule has 118 valence electrons. The summed E-state index contributed by atoms with van der Waals surface area (Å²) in [6.45, 7) is 4.63. The molecule has 1 rings (SSSR count). The number of nitrogens with zero attached hydrogens (tertiary/aromatic N) is 1. The number of nitrogens with one attached hydrogen (secondary N) is 1. The van der Waals surface area contributed by atoms with Crippen LogP contribution in [-0.2, 0) is 11.3 Å². The Morgan fingerprint density at radius 3 is 2.62 bits per heavy atom. The second kappa shape index (κ2) is 8.24. The number of likely N-dealkylation sites (N-methyl/N-ethyl adjacent to an activating group) is 1. The maximum atomic E-state index is 12.0. The smallest absolute Gasteiger partial charge is 0.260 e. The van der Waals surface area contributed by atoms with Gasteiger partial charge in [-0.15, -0.1) is 0 Å². The lowest BCUT2D eigenvalue weighted by molar-refractivity contribution is -0.133. The predicted molar refractivity (Wildman–Crippen MR) is 86.9 cm³/mol. The number of amides is 1. The van der Waals surface area contributed by atoms with Crippen LogP contribution in [0.15, 0.2) is 16.6 Å². The Hall–Kier alpha value is -1.27. The van der Waals surface area contributed by atoms with E-state index in [1.54, 1.807) is 19.1 Å². The van der Waals surface area contributed by atoms with E-state index in [1.165, 1.54) is 0 Å². The molecule has 0 radical (unpaired) electrons. The van der Waals surface area contributed by atoms with Crippen molar-refractivity contribution >= 4 is 21.8 Å². The van der Waals surface area contributed by atoms with Crippen molar-refractivity contribution in [1.29, 1.82) is 0 Å². The van der Waals surface area contributed by atoms with E-state index in [2.05, 4.69) is 21.2 Å². The van der Waals surface area contributed by atoms with Crippen molar-refractivity contribution in [1.82, 2.24) is 10.2 Å². The normalized spacial score (nSPS) is 10.6. The predicted octanol–water partition coefficient (Wildman–Crippen LogP) is 2.42. The van der Waals surface area contributed by atoms with Gasteiger partial charge in [-0.25, -0.2) is 0 Å². The lowest BCUT2D eigenvalue weighted by Crippen LogP contribution is -2.36. The molecule has 5 nitrogen and oxygen atoms in total. The Labute approximate surface area is 134 Å².